The van der Waals surface area contributed by atoms with Gasteiger partial charge in [0.2, 0.25) is 0 Å². The predicted molar refractivity (Wildman–Crippen MR) is 51.2 cm³/mol. The standard InChI is InChI=1S/C11H9F3O3/c1-2-16-10(11(12,13)14)8-6-4-3-5-7(8)9(15)17-10/h3-6H,2H2,1H3. The smallest absolute Gasteiger partial charge is 0.415 e. The Balaban J connectivity index is 2.61. The van der Waals surface area contributed by atoms with Crippen LogP contribution in [0.5, 0.6) is 0 Å². The molecule has 0 saturated carbocycles. The van der Waals surface area contributed by atoms with Crippen LogP contribution in [-0.4, -0.2) is 18.8 Å². The van der Waals surface area contributed by atoms with Gasteiger partial charge in [-0.15, -0.1) is 0 Å². The van der Waals surface area contributed by atoms with Gasteiger partial charge >= 0.3 is 17.9 Å². The molecule has 0 spiro atoms. The monoisotopic (exact) mass is 246 g/mol. The van der Waals surface area contributed by atoms with Crippen molar-refractivity contribution in [2.24, 2.45) is 0 Å². The number of hydrogen-bond acceptors (Lipinski definition) is 3. The molecule has 6 heteroatoms. The molecule has 3 nitrogen and oxygen atoms in total. The molecule has 92 valence electrons. The number of hydrogen-bond donors (Lipinski definition) is 0. The van der Waals surface area contributed by atoms with Gasteiger partial charge in [-0.25, -0.2) is 4.79 Å². The molecule has 1 unspecified atom stereocenters. The van der Waals surface area contributed by atoms with Crippen LogP contribution in [0.15, 0.2) is 24.3 Å². The van der Waals surface area contributed by atoms with Crippen molar-refractivity contribution in [1.29, 1.82) is 0 Å². The van der Waals surface area contributed by atoms with E-state index >= 15 is 0 Å². The zero-order valence-corrected chi connectivity index (χ0v) is 8.88. The summed E-state index contributed by atoms with van der Waals surface area (Å²) in [6.07, 6.45) is -4.81. The lowest BCUT2D eigenvalue weighted by molar-refractivity contribution is -0.365. The molecular formula is C11H9F3O3. The van der Waals surface area contributed by atoms with E-state index in [0.717, 1.165) is 0 Å². The molecule has 1 aromatic rings. The van der Waals surface area contributed by atoms with Crippen LogP contribution in [-0.2, 0) is 15.3 Å². The number of carbonyl (C=O) groups is 1. The second-order valence-electron chi connectivity index (χ2n) is 3.48. The first-order valence-corrected chi connectivity index (χ1v) is 4.96. The summed E-state index contributed by atoms with van der Waals surface area (Å²) in [6.45, 7) is 1.18. The first-order valence-electron chi connectivity index (χ1n) is 4.96. The maximum atomic E-state index is 13.1. The lowest BCUT2D eigenvalue weighted by Gasteiger charge is -2.30. The van der Waals surface area contributed by atoms with Crippen LogP contribution in [0.2, 0.25) is 0 Å². The van der Waals surface area contributed by atoms with Crippen LogP contribution in [0.4, 0.5) is 13.2 Å². The molecule has 0 aliphatic carbocycles. The van der Waals surface area contributed by atoms with Crippen LogP contribution < -0.4 is 0 Å². The molecule has 0 aromatic heterocycles. The maximum absolute atomic E-state index is 13.1. The molecule has 0 saturated heterocycles. The topological polar surface area (TPSA) is 35.5 Å². The van der Waals surface area contributed by atoms with Gasteiger partial charge in [-0.1, -0.05) is 18.2 Å². The van der Waals surface area contributed by atoms with E-state index in [4.69, 9.17) is 0 Å². The second-order valence-corrected chi connectivity index (χ2v) is 3.48. The summed E-state index contributed by atoms with van der Waals surface area (Å²) >= 11 is 0. The summed E-state index contributed by atoms with van der Waals surface area (Å²) in [5.74, 6) is -3.98. The number of halogens is 3. The van der Waals surface area contributed by atoms with Gasteiger partial charge in [0, 0.05) is 12.2 Å². The quantitative estimate of drug-likeness (QED) is 0.752. The van der Waals surface area contributed by atoms with E-state index in [-0.39, 0.29) is 17.7 Å². The van der Waals surface area contributed by atoms with Crippen LogP contribution in [0, 0.1) is 0 Å². The van der Waals surface area contributed by atoms with Crippen molar-refractivity contribution in [1.82, 2.24) is 0 Å². The Labute approximate surface area is 95.1 Å². The first-order chi connectivity index (χ1) is 7.92. The van der Waals surface area contributed by atoms with Crippen LogP contribution >= 0.6 is 0 Å². The summed E-state index contributed by atoms with van der Waals surface area (Å²) in [4.78, 5) is 11.4. The van der Waals surface area contributed by atoms with Crippen molar-refractivity contribution in [3.63, 3.8) is 0 Å². The van der Waals surface area contributed by atoms with Crippen molar-refractivity contribution in [2.75, 3.05) is 6.61 Å². The van der Waals surface area contributed by atoms with E-state index < -0.39 is 17.9 Å². The van der Waals surface area contributed by atoms with Crippen molar-refractivity contribution in [3.8, 4) is 0 Å². The van der Waals surface area contributed by atoms with E-state index in [2.05, 4.69) is 9.47 Å². The minimum atomic E-state index is -4.81. The third-order valence-electron chi connectivity index (χ3n) is 2.46. The predicted octanol–water partition coefficient (Wildman–Crippen LogP) is 2.61. The first kappa shape index (κ1) is 11.9. The minimum absolute atomic E-state index is 0.113. The van der Waals surface area contributed by atoms with Gasteiger partial charge in [-0.3, -0.25) is 0 Å². The molecule has 0 amide bonds. The Bertz CT molecular complexity index is 456. The Kier molecular flexibility index (Phi) is 2.61. The average molecular weight is 246 g/mol. The highest BCUT2D eigenvalue weighted by atomic mass is 19.4. The van der Waals surface area contributed by atoms with Gasteiger partial charge in [-0.2, -0.15) is 13.2 Å². The summed E-state index contributed by atoms with van der Waals surface area (Å²) < 4.78 is 48.3. The summed E-state index contributed by atoms with van der Waals surface area (Å²) in [7, 11) is 0. The lowest BCUT2D eigenvalue weighted by Crippen LogP contribution is -2.45. The Morgan fingerprint density at radius 3 is 2.59 bits per heavy atom. The minimum Gasteiger partial charge on any atom is -0.415 e. The van der Waals surface area contributed by atoms with Crippen LogP contribution in [0.25, 0.3) is 0 Å². The fourth-order valence-corrected chi connectivity index (χ4v) is 1.79. The third kappa shape index (κ3) is 1.59. The molecule has 0 N–H and O–H groups in total. The molecule has 17 heavy (non-hydrogen) atoms. The number of esters is 1. The Morgan fingerprint density at radius 2 is 2.00 bits per heavy atom. The van der Waals surface area contributed by atoms with E-state index in [1.54, 1.807) is 0 Å². The molecule has 1 aliphatic heterocycles. The van der Waals surface area contributed by atoms with E-state index in [1.807, 2.05) is 0 Å². The maximum Gasteiger partial charge on any atom is 0.460 e. The summed E-state index contributed by atoms with van der Waals surface area (Å²) in [5.41, 5.74) is -0.405. The van der Waals surface area contributed by atoms with Gasteiger partial charge in [0.25, 0.3) is 0 Å². The van der Waals surface area contributed by atoms with Gasteiger partial charge < -0.3 is 9.47 Å². The van der Waals surface area contributed by atoms with E-state index in [1.165, 1.54) is 31.2 Å². The average Bonchev–Trinajstić information content (AvgIpc) is 2.54. The molecule has 0 fully saturated rings. The molecule has 2 rings (SSSR count). The molecule has 0 radical (unpaired) electrons. The summed E-state index contributed by atoms with van der Waals surface area (Å²) in [5, 5.41) is 0. The third-order valence-corrected chi connectivity index (χ3v) is 2.46. The van der Waals surface area contributed by atoms with Crippen molar-refractivity contribution < 1.29 is 27.4 Å². The molecule has 1 aromatic carbocycles. The molecule has 1 aliphatic rings. The van der Waals surface area contributed by atoms with Crippen LogP contribution in [0.3, 0.4) is 0 Å². The van der Waals surface area contributed by atoms with E-state index in [0.29, 0.717) is 0 Å². The van der Waals surface area contributed by atoms with Crippen LogP contribution in [0.1, 0.15) is 22.8 Å². The number of ether oxygens (including phenoxy) is 2. The normalized spacial score (nSPS) is 23.4. The number of benzene rings is 1. The largest absolute Gasteiger partial charge is 0.460 e. The van der Waals surface area contributed by atoms with Gasteiger partial charge in [-0.05, 0) is 13.0 Å². The Morgan fingerprint density at radius 1 is 1.35 bits per heavy atom. The highest BCUT2D eigenvalue weighted by Crippen LogP contribution is 2.48. The van der Waals surface area contributed by atoms with E-state index in [9.17, 15) is 18.0 Å². The zero-order valence-electron chi connectivity index (χ0n) is 8.88. The lowest BCUT2D eigenvalue weighted by atomic mass is 10.0. The highest BCUT2D eigenvalue weighted by molar-refractivity contribution is 5.94. The Hall–Kier alpha value is -1.56. The van der Waals surface area contributed by atoms with Gasteiger partial charge in [0.1, 0.15) is 0 Å². The highest BCUT2D eigenvalue weighted by Gasteiger charge is 2.65. The molecule has 0 bridgehead atoms. The number of cyclic esters (lactones) is 1. The van der Waals surface area contributed by atoms with Crippen molar-refractivity contribution in [2.45, 2.75) is 18.9 Å². The van der Waals surface area contributed by atoms with Crippen molar-refractivity contribution >= 4 is 5.97 Å². The SMILES string of the molecule is CCOC1(C(F)(F)F)OC(=O)c2ccccc21. The second kappa shape index (κ2) is 3.73. The van der Waals surface area contributed by atoms with Gasteiger partial charge in [0.15, 0.2) is 0 Å². The van der Waals surface area contributed by atoms with Crippen molar-refractivity contribution in [3.05, 3.63) is 35.4 Å². The zero-order chi connectivity index (χ0) is 12.7. The number of carbonyl (C=O) groups excluding carboxylic acids is 1. The number of alkyl halides is 3. The molecule has 1 atom stereocenters. The fraction of sp³-hybridized carbons (Fsp3) is 0.364. The summed E-state index contributed by atoms with van der Waals surface area (Å²) in [6, 6.07) is 5.34. The molecular weight excluding hydrogens is 237 g/mol. The molecule has 1 heterocycles. The number of rotatable bonds is 2. The van der Waals surface area contributed by atoms with Gasteiger partial charge in [0.05, 0.1) is 5.56 Å². The fourth-order valence-electron chi connectivity index (χ4n) is 1.79. The number of fused-ring (bicyclic) bond motifs is 1.